The lowest BCUT2D eigenvalue weighted by Crippen LogP contribution is -2.30. The molecule has 31 heavy (non-hydrogen) atoms. The number of halogens is 3. The molecule has 1 atom stereocenters. The molecule has 0 aliphatic carbocycles. The Kier molecular flexibility index (Phi) is 5.56. The summed E-state index contributed by atoms with van der Waals surface area (Å²) in [5, 5.41) is 33.7. The first-order chi connectivity index (χ1) is 14.8. The van der Waals surface area contributed by atoms with Crippen molar-refractivity contribution in [2.75, 3.05) is 0 Å². The molecule has 160 valence electrons. The van der Waals surface area contributed by atoms with E-state index in [1.54, 1.807) is 12.3 Å². The number of hydrogen-bond donors (Lipinski definition) is 2. The summed E-state index contributed by atoms with van der Waals surface area (Å²) in [7, 11) is -0.143. The monoisotopic (exact) mass is 432 g/mol. The van der Waals surface area contributed by atoms with Gasteiger partial charge in [-0.1, -0.05) is 16.4 Å². The van der Waals surface area contributed by atoms with Gasteiger partial charge >= 0.3 is 13.7 Å². The summed E-state index contributed by atoms with van der Waals surface area (Å²) >= 11 is 0. The molecule has 0 aromatic carbocycles. The molecule has 0 saturated carbocycles. The van der Waals surface area contributed by atoms with Gasteiger partial charge in [-0.2, -0.15) is 23.4 Å². The minimum absolute atomic E-state index is 0.138. The summed E-state index contributed by atoms with van der Waals surface area (Å²) in [4.78, 5) is 4.25. The zero-order valence-corrected chi connectivity index (χ0v) is 16.1. The first kappa shape index (κ1) is 20.7. The van der Waals surface area contributed by atoms with Crippen molar-refractivity contribution in [3.05, 3.63) is 60.3 Å². The predicted molar refractivity (Wildman–Crippen MR) is 102 cm³/mol. The van der Waals surface area contributed by atoms with E-state index < -0.39 is 25.7 Å². The average molecular weight is 432 g/mol. The van der Waals surface area contributed by atoms with Gasteiger partial charge in [-0.15, -0.1) is 0 Å². The predicted octanol–water partition coefficient (Wildman–Crippen LogP) is 0.316. The van der Waals surface area contributed by atoms with Crippen LogP contribution >= 0.6 is 0 Å². The lowest BCUT2D eigenvalue weighted by Gasteiger charge is -2.16. The third-order valence-electron chi connectivity index (χ3n) is 4.69. The number of nitrogens with zero attached hydrogens (tertiary/aromatic N) is 8. The summed E-state index contributed by atoms with van der Waals surface area (Å²) in [5.74, 6) is -0.756. The maximum absolute atomic E-state index is 14.0. The van der Waals surface area contributed by atoms with E-state index in [-0.39, 0.29) is 17.6 Å². The van der Waals surface area contributed by atoms with Crippen molar-refractivity contribution in [1.29, 1.82) is 0 Å². The van der Waals surface area contributed by atoms with E-state index in [1.165, 1.54) is 47.1 Å². The standard InChI is InChI=1S/C17H16BF3N8O2/c1-27-15(16(19)24-26-27)10-7-23-29(9-10)14(6-12-4-5-28(25-12)17(20)21)13-3-2-11(8-22-13)18(30)31/h2-5,7-9,14,17,30-31H,6H2,1H3. The van der Waals surface area contributed by atoms with Crippen LogP contribution in [0.15, 0.2) is 43.0 Å². The van der Waals surface area contributed by atoms with E-state index in [0.717, 1.165) is 0 Å². The number of aryl methyl sites for hydroxylation is 1. The van der Waals surface area contributed by atoms with Gasteiger partial charge in [0.2, 0.25) is 0 Å². The van der Waals surface area contributed by atoms with Crippen LogP contribution in [-0.2, 0) is 13.5 Å². The minimum Gasteiger partial charge on any atom is -0.423 e. The third kappa shape index (κ3) is 4.20. The first-order valence-corrected chi connectivity index (χ1v) is 9.07. The van der Waals surface area contributed by atoms with Crippen LogP contribution < -0.4 is 5.46 Å². The highest BCUT2D eigenvalue weighted by Gasteiger charge is 2.23. The highest BCUT2D eigenvalue weighted by Crippen LogP contribution is 2.25. The summed E-state index contributed by atoms with van der Waals surface area (Å²) in [6.07, 6.45) is 5.60. The Balaban J connectivity index is 1.71. The third-order valence-corrected chi connectivity index (χ3v) is 4.69. The van der Waals surface area contributed by atoms with Gasteiger partial charge in [-0.05, 0) is 12.1 Å². The molecular formula is C17H16BF3N8O2. The molecule has 0 saturated heterocycles. The summed E-state index contributed by atoms with van der Waals surface area (Å²) < 4.78 is 43.1. The van der Waals surface area contributed by atoms with E-state index >= 15 is 0 Å². The second-order valence-corrected chi connectivity index (χ2v) is 6.74. The molecule has 1 unspecified atom stereocenters. The molecule has 10 nitrogen and oxygen atoms in total. The quantitative estimate of drug-likeness (QED) is 0.404. The van der Waals surface area contributed by atoms with E-state index in [4.69, 9.17) is 0 Å². The van der Waals surface area contributed by atoms with E-state index in [0.29, 0.717) is 21.6 Å². The highest BCUT2D eigenvalue weighted by atomic mass is 19.3. The van der Waals surface area contributed by atoms with Crippen LogP contribution in [0, 0.1) is 5.95 Å². The highest BCUT2D eigenvalue weighted by molar-refractivity contribution is 6.58. The lowest BCUT2D eigenvalue weighted by atomic mass is 9.81. The molecule has 0 spiro atoms. The normalized spacial score (nSPS) is 12.5. The van der Waals surface area contributed by atoms with Crippen LogP contribution in [0.25, 0.3) is 11.3 Å². The number of rotatable bonds is 7. The fourth-order valence-corrected chi connectivity index (χ4v) is 3.16. The molecule has 4 aromatic rings. The Morgan fingerprint density at radius 1 is 1.13 bits per heavy atom. The molecular weight excluding hydrogens is 416 g/mol. The number of pyridine rings is 1. The van der Waals surface area contributed by atoms with Crippen molar-refractivity contribution < 1.29 is 23.2 Å². The molecule has 0 amide bonds. The molecule has 0 fully saturated rings. The van der Waals surface area contributed by atoms with Crippen molar-refractivity contribution in [3.8, 4) is 11.3 Å². The van der Waals surface area contributed by atoms with Crippen molar-refractivity contribution in [1.82, 2.24) is 39.5 Å². The Morgan fingerprint density at radius 3 is 2.52 bits per heavy atom. The Bertz CT molecular complexity index is 1150. The molecule has 4 heterocycles. The van der Waals surface area contributed by atoms with Gasteiger partial charge in [-0.25, -0.2) is 9.36 Å². The maximum atomic E-state index is 14.0. The number of hydrogen-bond acceptors (Lipinski definition) is 7. The van der Waals surface area contributed by atoms with E-state index in [2.05, 4.69) is 25.5 Å². The first-order valence-electron chi connectivity index (χ1n) is 9.07. The molecule has 0 aliphatic rings. The van der Waals surface area contributed by atoms with Gasteiger partial charge in [0, 0.05) is 43.1 Å². The van der Waals surface area contributed by atoms with Gasteiger partial charge in [0.1, 0.15) is 5.69 Å². The Morgan fingerprint density at radius 2 is 1.94 bits per heavy atom. The zero-order valence-electron chi connectivity index (χ0n) is 16.1. The average Bonchev–Trinajstić information content (AvgIpc) is 3.47. The van der Waals surface area contributed by atoms with Gasteiger partial charge in [0.25, 0.3) is 5.95 Å². The summed E-state index contributed by atoms with van der Waals surface area (Å²) in [5.41, 5.74) is 1.57. The number of aromatic nitrogens is 8. The largest absolute Gasteiger partial charge is 0.490 e. The molecule has 0 bridgehead atoms. The van der Waals surface area contributed by atoms with Crippen LogP contribution in [0.3, 0.4) is 0 Å². The fraction of sp³-hybridized carbons (Fsp3) is 0.235. The molecule has 4 rings (SSSR count). The van der Waals surface area contributed by atoms with Crippen molar-refractivity contribution in [2.45, 2.75) is 19.0 Å². The molecule has 2 N–H and O–H groups in total. The number of alkyl halides is 2. The molecule has 0 aliphatic heterocycles. The van der Waals surface area contributed by atoms with Crippen LogP contribution in [-0.4, -0.2) is 56.7 Å². The van der Waals surface area contributed by atoms with Crippen molar-refractivity contribution >= 4 is 12.6 Å². The van der Waals surface area contributed by atoms with Gasteiger partial charge in [0.15, 0.2) is 0 Å². The van der Waals surface area contributed by atoms with Crippen molar-refractivity contribution in [3.63, 3.8) is 0 Å². The Labute approximate surface area is 173 Å². The minimum atomic E-state index is -2.77. The van der Waals surface area contributed by atoms with E-state index in [1.807, 2.05) is 0 Å². The SMILES string of the molecule is Cn1nnc(F)c1-c1cnn(C(Cc2ccn(C(F)F)n2)c2ccc(B(O)O)cn2)c1. The summed E-state index contributed by atoms with van der Waals surface area (Å²) in [6.45, 7) is -2.77. The molecule has 14 heteroatoms. The summed E-state index contributed by atoms with van der Waals surface area (Å²) in [6, 6.07) is 3.91. The van der Waals surface area contributed by atoms with E-state index in [9.17, 15) is 23.2 Å². The van der Waals surface area contributed by atoms with Crippen LogP contribution in [0.4, 0.5) is 13.2 Å². The zero-order chi connectivity index (χ0) is 22.1. The molecule has 0 radical (unpaired) electrons. The smallest absolute Gasteiger partial charge is 0.423 e. The fourth-order valence-electron chi connectivity index (χ4n) is 3.16. The maximum Gasteiger partial charge on any atom is 0.490 e. The topological polar surface area (TPSA) is 120 Å². The van der Waals surface area contributed by atoms with Gasteiger partial charge < -0.3 is 10.0 Å². The Hall–Kier alpha value is -3.52. The second kappa shape index (κ2) is 8.31. The van der Waals surface area contributed by atoms with Crippen LogP contribution in [0.2, 0.25) is 0 Å². The lowest BCUT2D eigenvalue weighted by molar-refractivity contribution is 0.0561. The molecule has 4 aromatic heterocycles. The van der Waals surface area contributed by atoms with Crippen molar-refractivity contribution in [2.24, 2.45) is 7.05 Å². The second-order valence-electron chi connectivity index (χ2n) is 6.74. The van der Waals surface area contributed by atoms with Crippen LogP contribution in [0.1, 0.15) is 24.0 Å². The van der Waals surface area contributed by atoms with Gasteiger partial charge in [-0.3, -0.25) is 9.67 Å². The van der Waals surface area contributed by atoms with Crippen LogP contribution in [0.5, 0.6) is 0 Å². The van der Waals surface area contributed by atoms with Gasteiger partial charge in [0.05, 0.1) is 23.6 Å².